The van der Waals surface area contributed by atoms with Crippen molar-refractivity contribution in [2.24, 2.45) is 5.92 Å². The maximum atomic E-state index is 12.9. The standard InChI is InChI=1S/C24H30N4O5S/c1-17-5-3-4-6-22(17)27-23(30)11-14-25-24(31)19-12-15-28(16-13-19)34(32,33)21-9-7-20(8-10-21)26-18(2)29/h3-10,19H,11-16H2,1-2H3,(H,25,31)(H,26,29)(H,27,30). The maximum absolute atomic E-state index is 12.9. The lowest BCUT2D eigenvalue weighted by molar-refractivity contribution is -0.126. The van der Waals surface area contributed by atoms with Crippen molar-refractivity contribution in [1.29, 1.82) is 0 Å². The lowest BCUT2D eigenvalue weighted by atomic mass is 9.97. The minimum absolute atomic E-state index is 0.143. The quantitative estimate of drug-likeness (QED) is 0.529. The first-order valence-corrected chi connectivity index (χ1v) is 12.6. The van der Waals surface area contributed by atoms with Crippen LogP contribution in [0.15, 0.2) is 53.4 Å². The molecule has 0 aliphatic carbocycles. The molecule has 1 heterocycles. The molecule has 0 spiro atoms. The highest BCUT2D eigenvalue weighted by atomic mass is 32.2. The van der Waals surface area contributed by atoms with Gasteiger partial charge in [0.2, 0.25) is 27.7 Å². The molecular weight excluding hydrogens is 456 g/mol. The number of amides is 3. The number of benzene rings is 2. The molecule has 1 fully saturated rings. The molecular formula is C24H30N4O5S. The summed E-state index contributed by atoms with van der Waals surface area (Å²) >= 11 is 0. The van der Waals surface area contributed by atoms with Crippen molar-refractivity contribution in [2.75, 3.05) is 30.3 Å². The van der Waals surface area contributed by atoms with Gasteiger partial charge in [-0.3, -0.25) is 14.4 Å². The number of aryl methyl sites for hydroxylation is 1. The number of carbonyl (C=O) groups excluding carboxylic acids is 3. The molecule has 1 aliphatic rings. The zero-order chi connectivity index (χ0) is 24.7. The fraction of sp³-hybridized carbons (Fsp3) is 0.375. The molecule has 0 atom stereocenters. The Balaban J connectivity index is 1.44. The highest BCUT2D eigenvalue weighted by molar-refractivity contribution is 7.89. The van der Waals surface area contributed by atoms with Crippen LogP contribution in [0.25, 0.3) is 0 Å². The molecule has 3 amide bonds. The zero-order valence-electron chi connectivity index (χ0n) is 19.3. The normalized spacial score (nSPS) is 14.9. The van der Waals surface area contributed by atoms with Crippen molar-refractivity contribution in [3.05, 3.63) is 54.1 Å². The molecule has 10 heteroatoms. The average molecular weight is 487 g/mol. The number of anilines is 2. The first-order valence-electron chi connectivity index (χ1n) is 11.2. The molecule has 0 bridgehead atoms. The average Bonchev–Trinajstić information content (AvgIpc) is 2.80. The Kier molecular flexibility index (Phi) is 8.41. The van der Waals surface area contributed by atoms with Gasteiger partial charge >= 0.3 is 0 Å². The summed E-state index contributed by atoms with van der Waals surface area (Å²) in [6.45, 7) is 3.98. The number of hydrogen-bond acceptors (Lipinski definition) is 5. The Morgan fingerprint density at radius 2 is 1.62 bits per heavy atom. The minimum atomic E-state index is -3.68. The van der Waals surface area contributed by atoms with Crippen LogP contribution in [-0.4, -0.2) is 50.1 Å². The zero-order valence-corrected chi connectivity index (χ0v) is 20.2. The van der Waals surface area contributed by atoms with Gasteiger partial charge in [-0.2, -0.15) is 4.31 Å². The van der Waals surface area contributed by atoms with Crippen molar-refractivity contribution >= 4 is 39.1 Å². The number of nitrogens with zero attached hydrogens (tertiary/aromatic N) is 1. The first kappa shape index (κ1) is 25.4. The van der Waals surface area contributed by atoms with E-state index in [1.54, 1.807) is 12.1 Å². The van der Waals surface area contributed by atoms with Gasteiger partial charge in [-0.25, -0.2) is 8.42 Å². The Morgan fingerprint density at radius 1 is 0.971 bits per heavy atom. The smallest absolute Gasteiger partial charge is 0.243 e. The molecule has 1 aliphatic heterocycles. The highest BCUT2D eigenvalue weighted by Gasteiger charge is 2.32. The van der Waals surface area contributed by atoms with Crippen LogP contribution in [0.1, 0.15) is 31.7 Å². The molecule has 3 N–H and O–H groups in total. The van der Waals surface area contributed by atoms with Crippen LogP contribution in [0, 0.1) is 12.8 Å². The summed E-state index contributed by atoms with van der Waals surface area (Å²) in [5.74, 6) is -0.878. The Morgan fingerprint density at radius 3 is 2.24 bits per heavy atom. The summed E-state index contributed by atoms with van der Waals surface area (Å²) in [7, 11) is -3.68. The van der Waals surface area contributed by atoms with E-state index < -0.39 is 10.0 Å². The molecule has 3 rings (SSSR count). The van der Waals surface area contributed by atoms with Crippen molar-refractivity contribution < 1.29 is 22.8 Å². The summed E-state index contributed by atoms with van der Waals surface area (Å²) in [5.41, 5.74) is 2.23. The third-order valence-corrected chi connectivity index (χ3v) is 7.62. The number of rotatable bonds is 8. The summed E-state index contributed by atoms with van der Waals surface area (Å²) in [5, 5.41) is 8.22. The molecule has 9 nitrogen and oxygen atoms in total. The molecule has 0 saturated carbocycles. The van der Waals surface area contributed by atoms with Crippen LogP contribution in [0.3, 0.4) is 0 Å². The summed E-state index contributed by atoms with van der Waals surface area (Å²) in [6, 6.07) is 13.5. The van der Waals surface area contributed by atoms with Gasteiger partial charge in [-0.1, -0.05) is 18.2 Å². The van der Waals surface area contributed by atoms with Crippen molar-refractivity contribution in [3.8, 4) is 0 Å². The van der Waals surface area contributed by atoms with Gasteiger partial charge in [-0.15, -0.1) is 0 Å². The topological polar surface area (TPSA) is 125 Å². The van der Waals surface area contributed by atoms with Gasteiger partial charge in [-0.05, 0) is 55.7 Å². The van der Waals surface area contributed by atoms with E-state index in [1.165, 1.54) is 23.4 Å². The minimum Gasteiger partial charge on any atom is -0.355 e. The number of para-hydroxylation sites is 1. The second-order valence-electron chi connectivity index (χ2n) is 8.29. The fourth-order valence-corrected chi connectivity index (χ4v) is 5.26. The molecule has 0 aromatic heterocycles. The third-order valence-electron chi connectivity index (χ3n) is 5.71. The monoisotopic (exact) mass is 486 g/mol. The van der Waals surface area contributed by atoms with Crippen molar-refractivity contribution in [3.63, 3.8) is 0 Å². The lowest BCUT2D eigenvalue weighted by Gasteiger charge is -2.30. The van der Waals surface area contributed by atoms with Crippen LogP contribution in [0.4, 0.5) is 11.4 Å². The van der Waals surface area contributed by atoms with E-state index in [4.69, 9.17) is 0 Å². The number of hydrogen-bond donors (Lipinski definition) is 3. The second kappa shape index (κ2) is 11.3. The number of carbonyl (C=O) groups is 3. The SMILES string of the molecule is CC(=O)Nc1ccc(S(=O)(=O)N2CCC(C(=O)NCCC(=O)Nc3ccccc3C)CC2)cc1. The number of nitrogens with one attached hydrogen (secondary N) is 3. The Labute approximate surface area is 200 Å². The van der Waals surface area contributed by atoms with Gasteiger partial charge in [0.1, 0.15) is 0 Å². The van der Waals surface area contributed by atoms with Gasteiger partial charge in [0, 0.05) is 50.3 Å². The van der Waals surface area contributed by atoms with E-state index in [0.717, 1.165) is 11.3 Å². The van der Waals surface area contributed by atoms with Crippen LogP contribution in [-0.2, 0) is 24.4 Å². The van der Waals surface area contributed by atoms with E-state index in [9.17, 15) is 22.8 Å². The predicted octanol–water partition coefficient (Wildman–Crippen LogP) is 2.50. The van der Waals surface area contributed by atoms with Gasteiger partial charge in [0.15, 0.2) is 0 Å². The summed E-state index contributed by atoms with van der Waals surface area (Å²) in [4.78, 5) is 35.9. The van der Waals surface area contributed by atoms with E-state index in [1.807, 2.05) is 31.2 Å². The first-order chi connectivity index (χ1) is 16.2. The Hall–Kier alpha value is -3.24. The molecule has 1 saturated heterocycles. The molecule has 34 heavy (non-hydrogen) atoms. The van der Waals surface area contributed by atoms with Crippen LogP contribution < -0.4 is 16.0 Å². The highest BCUT2D eigenvalue weighted by Crippen LogP contribution is 2.25. The summed E-state index contributed by atoms with van der Waals surface area (Å²) < 4.78 is 27.2. The summed E-state index contributed by atoms with van der Waals surface area (Å²) in [6.07, 6.45) is 0.969. The lowest BCUT2D eigenvalue weighted by Crippen LogP contribution is -2.43. The van der Waals surface area contributed by atoms with Crippen LogP contribution in [0.2, 0.25) is 0 Å². The fourth-order valence-electron chi connectivity index (χ4n) is 3.79. The largest absolute Gasteiger partial charge is 0.355 e. The molecule has 2 aromatic carbocycles. The van der Waals surface area contributed by atoms with E-state index in [2.05, 4.69) is 16.0 Å². The molecule has 0 unspecified atom stereocenters. The van der Waals surface area contributed by atoms with E-state index in [0.29, 0.717) is 18.5 Å². The van der Waals surface area contributed by atoms with E-state index >= 15 is 0 Å². The second-order valence-corrected chi connectivity index (χ2v) is 10.2. The van der Waals surface area contributed by atoms with Crippen LogP contribution >= 0.6 is 0 Å². The van der Waals surface area contributed by atoms with Crippen molar-refractivity contribution in [1.82, 2.24) is 9.62 Å². The predicted molar refractivity (Wildman–Crippen MR) is 130 cm³/mol. The molecule has 182 valence electrons. The maximum Gasteiger partial charge on any atom is 0.243 e. The van der Waals surface area contributed by atoms with Crippen LogP contribution in [0.5, 0.6) is 0 Å². The van der Waals surface area contributed by atoms with Gasteiger partial charge < -0.3 is 16.0 Å². The van der Waals surface area contributed by atoms with Crippen molar-refractivity contribution in [2.45, 2.75) is 38.0 Å². The number of sulfonamides is 1. The molecule has 2 aromatic rings. The third kappa shape index (κ3) is 6.64. The Bertz CT molecular complexity index is 1140. The molecule has 0 radical (unpaired) electrons. The van der Waals surface area contributed by atoms with E-state index in [-0.39, 0.29) is 54.6 Å². The van der Waals surface area contributed by atoms with Gasteiger partial charge in [0.05, 0.1) is 4.90 Å². The van der Waals surface area contributed by atoms with Gasteiger partial charge in [0.25, 0.3) is 0 Å². The number of piperidine rings is 1.